The fourth-order valence-electron chi connectivity index (χ4n) is 4.07. The third-order valence-electron chi connectivity index (χ3n) is 6.75. The molecule has 0 amide bonds. The van der Waals surface area contributed by atoms with Crippen LogP contribution in [0.5, 0.6) is 0 Å². The van der Waals surface area contributed by atoms with Gasteiger partial charge in [-0.1, -0.05) is 23.3 Å². The molecule has 0 bridgehead atoms. The Kier molecular flexibility index (Phi) is 15.7. The van der Waals surface area contributed by atoms with Crippen LogP contribution in [0, 0.1) is 0 Å². The van der Waals surface area contributed by atoms with E-state index in [0.29, 0.717) is 0 Å². The maximum atomic E-state index is 6.01. The van der Waals surface area contributed by atoms with Crippen LogP contribution < -0.4 is 24.8 Å². The SMILES string of the molecule is CC1=CCC(C2=C(C)C(C)=CC2)=C1C.[CH3][Zr+2]([CH3])([CH3])[C]1=CC=CC1.[CH3][Zr]([Cl])([Cl])[C]1=CC=CC1.[Cl-].[Cl-]. The Morgan fingerprint density at radius 1 is 0.706 bits per heavy atom. The van der Waals surface area contributed by atoms with Gasteiger partial charge in [0.05, 0.1) is 0 Å². The van der Waals surface area contributed by atoms with Crippen molar-refractivity contribution in [1.29, 1.82) is 0 Å². The van der Waals surface area contributed by atoms with E-state index >= 15 is 0 Å². The van der Waals surface area contributed by atoms with Crippen molar-refractivity contribution in [2.24, 2.45) is 0 Å². The van der Waals surface area contributed by atoms with Crippen molar-refractivity contribution in [2.45, 2.75) is 71.9 Å². The molecular weight excluding hydrogens is 661 g/mol. The summed E-state index contributed by atoms with van der Waals surface area (Å²) in [5.74, 6) is 0. The van der Waals surface area contributed by atoms with Gasteiger partial charge in [-0.2, -0.15) is 0 Å². The van der Waals surface area contributed by atoms with Crippen molar-refractivity contribution in [3.63, 3.8) is 0 Å². The molecule has 0 fully saturated rings. The molecular formula is C28H40Cl4Zr2. The molecule has 0 aromatic carbocycles. The molecule has 0 aromatic rings. The van der Waals surface area contributed by atoms with Crippen molar-refractivity contribution in [3.05, 3.63) is 88.6 Å². The summed E-state index contributed by atoms with van der Waals surface area (Å²) >= 11 is -4.24. The van der Waals surface area contributed by atoms with Gasteiger partial charge in [0.25, 0.3) is 0 Å². The van der Waals surface area contributed by atoms with Crippen LogP contribution in [0.2, 0.25) is 18.5 Å². The first-order valence-electron chi connectivity index (χ1n) is 11.7. The Labute approximate surface area is 237 Å². The molecule has 34 heavy (non-hydrogen) atoms. The van der Waals surface area contributed by atoms with E-state index in [1.54, 1.807) is 14.4 Å². The van der Waals surface area contributed by atoms with E-state index in [9.17, 15) is 0 Å². The van der Waals surface area contributed by atoms with Crippen LogP contribution in [0.15, 0.2) is 88.6 Å². The fourth-order valence-corrected chi connectivity index (χ4v) is 11.1. The van der Waals surface area contributed by atoms with E-state index in [2.05, 4.69) is 84.1 Å². The van der Waals surface area contributed by atoms with E-state index in [4.69, 9.17) is 17.0 Å². The van der Waals surface area contributed by atoms with Crippen molar-refractivity contribution < 1.29 is 63.0 Å². The number of halogens is 4. The second-order valence-electron chi connectivity index (χ2n) is 10.2. The average Bonchev–Trinajstić information content (AvgIpc) is 3.48. The Balaban J connectivity index is 0.000000485. The van der Waals surface area contributed by atoms with Crippen LogP contribution >= 0.6 is 17.0 Å². The van der Waals surface area contributed by atoms with Crippen molar-refractivity contribution in [3.8, 4) is 0 Å². The fraction of sp³-hybridized carbons (Fsp3) is 0.429. The summed E-state index contributed by atoms with van der Waals surface area (Å²) in [5.41, 5.74) is 9.08. The normalized spacial score (nSPS) is 18.3. The quantitative estimate of drug-likeness (QED) is 0.398. The first-order chi connectivity index (χ1) is 14.8. The molecule has 0 saturated heterocycles. The summed E-state index contributed by atoms with van der Waals surface area (Å²) in [4.78, 5) is 0. The van der Waals surface area contributed by atoms with Gasteiger partial charge in [-0.3, -0.25) is 0 Å². The van der Waals surface area contributed by atoms with Gasteiger partial charge in [-0.25, -0.2) is 0 Å². The molecule has 6 heteroatoms. The van der Waals surface area contributed by atoms with Gasteiger partial charge in [0.15, 0.2) is 0 Å². The maximum absolute atomic E-state index is 6.01. The van der Waals surface area contributed by atoms with Gasteiger partial charge in [-0.15, -0.1) is 0 Å². The molecule has 0 unspecified atom stereocenters. The average molecular weight is 701 g/mol. The molecule has 0 atom stereocenters. The van der Waals surface area contributed by atoms with Crippen LogP contribution in [0.1, 0.15) is 53.4 Å². The van der Waals surface area contributed by atoms with Crippen LogP contribution in [0.25, 0.3) is 0 Å². The first-order valence-corrected chi connectivity index (χ1v) is 30.3. The molecule has 188 valence electrons. The molecule has 4 rings (SSSR count). The Bertz CT molecular complexity index is 893. The summed E-state index contributed by atoms with van der Waals surface area (Å²) < 4.78 is 12.4. The largest absolute Gasteiger partial charge is 1.00 e. The molecule has 0 saturated carbocycles. The van der Waals surface area contributed by atoms with Crippen LogP contribution in [0.3, 0.4) is 0 Å². The predicted molar refractivity (Wildman–Crippen MR) is 141 cm³/mol. The predicted octanol–water partition coefficient (Wildman–Crippen LogP) is 4.80. The molecule has 0 nitrogen and oxygen atoms in total. The second kappa shape index (κ2) is 15.3. The van der Waals surface area contributed by atoms with E-state index in [1.165, 1.54) is 32.0 Å². The molecule has 0 heterocycles. The monoisotopic (exact) mass is 696 g/mol. The van der Waals surface area contributed by atoms with Crippen molar-refractivity contribution in [2.75, 3.05) is 0 Å². The minimum Gasteiger partial charge on any atom is -1.00 e. The third kappa shape index (κ3) is 10.3. The second-order valence-corrected chi connectivity index (χ2v) is 38.9. The zero-order valence-corrected chi connectivity index (χ0v) is 29.9. The van der Waals surface area contributed by atoms with Crippen LogP contribution in [0.4, 0.5) is 0 Å². The van der Waals surface area contributed by atoms with Gasteiger partial charge in [0.1, 0.15) is 0 Å². The number of rotatable bonds is 3. The molecule has 0 radical (unpaired) electrons. The zero-order chi connectivity index (χ0) is 24.1. The van der Waals surface area contributed by atoms with E-state index < -0.39 is 38.1 Å². The molecule has 4 aliphatic rings. The molecule has 0 aliphatic heterocycles. The van der Waals surface area contributed by atoms with E-state index in [-0.39, 0.29) is 24.8 Å². The summed E-state index contributed by atoms with van der Waals surface area (Å²) in [6.07, 6.45) is 22.2. The van der Waals surface area contributed by atoms with Crippen molar-refractivity contribution >= 4 is 17.0 Å². The van der Waals surface area contributed by atoms with Crippen molar-refractivity contribution in [1.82, 2.24) is 0 Å². The summed E-state index contributed by atoms with van der Waals surface area (Å²) in [6.45, 7) is 8.94. The van der Waals surface area contributed by atoms with Crippen LogP contribution in [-0.4, -0.2) is 0 Å². The molecule has 0 aromatic heterocycles. The minimum absolute atomic E-state index is 0. The summed E-state index contributed by atoms with van der Waals surface area (Å²) in [6, 6.07) is 0. The third-order valence-corrected chi connectivity index (χ3v) is 18.9. The van der Waals surface area contributed by atoms with Gasteiger partial charge in [0, 0.05) is 0 Å². The van der Waals surface area contributed by atoms with Crippen LogP contribution in [-0.2, 0) is 38.1 Å². The Morgan fingerprint density at radius 3 is 1.35 bits per heavy atom. The number of hydrogen-bond acceptors (Lipinski definition) is 0. The topological polar surface area (TPSA) is 0 Å². The Morgan fingerprint density at radius 2 is 1.15 bits per heavy atom. The zero-order valence-electron chi connectivity index (χ0n) is 22.0. The van der Waals surface area contributed by atoms with Gasteiger partial charge in [-0.05, 0) is 62.8 Å². The number of hydrogen-bond donors (Lipinski definition) is 0. The number of allylic oxidation sites excluding steroid dienone is 16. The molecule has 0 N–H and O–H groups in total. The molecule has 0 spiro atoms. The van der Waals surface area contributed by atoms with Gasteiger partial charge >= 0.3 is 130 Å². The smallest absolute Gasteiger partial charge is 1.00 e. The standard InChI is InChI=1S/C14H18.2C5H5.4CH3.4ClH.2Zr/c1-9-5-7-13(11(9)3)14-8-6-10(2)12(14)4;2*1-2-4-5-3-1;;;;;;;;;;/h5-6H,7-8H2,1-4H3;2*1-3H,4H2;4*1H3;4*1H;;/q;;;;;;;;;;;2*+2/p-4. The summed E-state index contributed by atoms with van der Waals surface area (Å²) in [7, 11) is 12.0. The molecule has 4 aliphatic carbocycles. The first kappa shape index (κ1) is 34.8. The minimum atomic E-state index is -2.65. The van der Waals surface area contributed by atoms with Gasteiger partial charge in [0.2, 0.25) is 0 Å². The van der Waals surface area contributed by atoms with E-state index in [0.717, 1.165) is 19.3 Å². The Hall–Kier alpha value is 0.846. The summed E-state index contributed by atoms with van der Waals surface area (Å²) in [5, 5.41) is 0. The maximum Gasteiger partial charge on any atom is -1.00 e. The van der Waals surface area contributed by atoms with Gasteiger partial charge < -0.3 is 24.8 Å². The van der Waals surface area contributed by atoms with E-state index in [1.807, 2.05) is 10.7 Å².